The maximum atomic E-state index is 11.3. The summed E-state index contributed by atoms with van der Waals surface area (Å²) in [6, 6.07) is -0.343. The summed E-state index contributed by atoms with van der Waals surface area (Å²) in [5.74, 6) is 0.605. The molecule has 1 rings (SSSR count). The molecule has 0 aliphatic heterocycles. The zero-order valence-corrected chi connectivity index (χ0v) is 10.7. The minimum Gasteiger partial charge on any atom is -0.338 e. The third kappa shape index (κ3) is 2.79. The van der Waals surface area contributed by atoms with Gasteiger partial charge in [-0.05, 0) is 12.8 Å². The molecule has 16 heavy (non-hydrogen) atoms. The first-order valence-electron chi connectivity index (χ1n) is 5.01. The molecule has 6 nitrogen and oxygen atoms in total. The summed E-state index contributed by atoms with van der Waals surface area (Å²) in [5.41, 5.74) is 5.83. The smallest absolute Gasteiger partial charge is 0.244 e. The Hall–Kier alpha value is -0.950. The lowest BCUT2D eigenvalue weighted by Gasteiger charge is -2.09. The number of hydrogen-bond acceptors (Lipinski definition) is 6. The third-order valence-electron chi connectivity index (χ3n) is 2.46. The minimum absolute atomic E-state index is 0.0913. The normalized spacial score (nSPS) is 16.4. The number of aromatic nitrogens is 2. The Morgan fingerprint density at radius 1 is 1.31 bits per heavy atom. The maximum Gasteiger partial charge on any atom is 0.244 e. The van der Waals surface area contributed by atoms with Crippen LogP contribution < -0.4 is 5.73 Å². The Morgan fingerprint density at radius 3 is 2.31 bits per heavy atom. The molecule has 0 aliphatic carbocycles. The van der Waals surface area contributed by atoms with Crippen LogP contribution in [-0.4, -0.2) is 24.8 Å². The lowest BCUT2D eigenvalue weighted by atomic mass is 10.1. The average molecular weight is 247 g/mol. The number of nitrogens with zero attached hydrogens (tertiary/aromatic N) is 2. The molecule has 0 spiro atoms. The van der Waals surface area contributed by atoms with Crippen molar-refractivity contribution < 1.29 is 12.9 Å². The van der Waals surface area contributed by atoms with Gasteiger partial charge in [-0.1, -0.05) is 19.0 Å². The van der Waals surface area contributed by atoms with Gasteiger partial charge in [-0.15, -0.1) is 0 Å². The van der Waals surface area contributed by atoms with Crippen molar-refractivity contribution >= 4 is 9.84 Å². The lowest BCUT2D eigenvalue weighted by molar-refractivity contribution is 0.361. The highest BCUT2D eigenvalue weighted by molar-refractivity contribution is 7.90. The molecule has 0 aliphatic rings. The van der Waals surface area contributed by atoms with Gasteiger partial charge >= 0.3 is 0 Å². The quantitative estimate of drug-likeness (QED) is 0.846. The Labute approximate surface area is 95.1 Å². The predicted octanol–water partition coefficient (Wildman–Crippen LogP) is 0.831. The molecule has 2 N–H and O–H groups in total. The molecule has 92 valence electrons. The number of hydrogen-bond donors (Lipinski definition) is 1. The van der Waals surface area contributed by atoms with Gasteiger partial charge in [-0.2, -0.15) is 4.98 Å². The first kappa shape index (κ1) is 13.1. The van der Waals surface area contributed by atoms with Crippen LogP contribution in [0.4, 0.5) is 0 Å². The molecule has 1 aromatic rings. The topological polar surface area (TPSA) is 99.1 Å². The van der Waals surface area contributed by atoms with E-state index in [0.29, 0.717) is 5.82 Å². The van der Waals surface area contributed by atoms with Crippen molar-refractivity contribution in [2.75, 3.05) is 6.26 Å². The minimum atomic E-state index is -3.23. The fourth-order valence-electron chi connectivity index (χ4n) is 1.03. The van der Waals surface area contributed by atoms with Crippen molar-refractivity contribution in [2.24, 2.45) is 11.7 Å². The van der Waals surface area contributed by atoms with E-state index in [1.807, 2.05) is 13.8 Å². The summed E-state index contributed by atoms with van der Waals surface area (Å²) in [5, 5.41) is 2.90. The monoisotopic (exact) mass is 247 g/mol. The lowest BCUT2D eigenvalue weighted by Crippen LogP contribution is -2.18. The number of nitrogens with two attached hydrogens (primary N) is 1. The van der Waals surface area contributed by atoms with Crippen molar-refractivity contribution in [3.05, 3.63) is 11.7 Å². The highest BCUT2D eigenvalue weighted by Crippen LogP contribution is 2.22. The molecule has 2 atom stereocenters. The van der Waals surface area contributed by atoms with Gasteiger partial charge in [0.15, 0.2) is 15.7 Å². The summed E-state index contributed by atoms with van der Waals surface area (Å²) in [6.07, 6.45) is 1.13. The largest absolute Gasteiger partial charge is 0.338 e. The van der Waals surface area contributed by atoms with E-state index in [-0.39, 0.29) is 17.9 Å². The Morgan fingerprint density at radius 2 is 1.88 bits per heavy atom. The van der Waals surface area contributed by atoms with Crippen LogP contribution in [0.1, 0.15) is 43.8 Å². The highest BCUT2D eigenvalue weighted by Gasteiger charge is 2.25. The van der Waals surface area contributed by atoms with Gasteiger partial charge in [-0.25, -0.2) is 8.42 Å². The van der Waals surface area contributed by atoms with Crippen molar-refractivity contribution in [1.82, 2.24) is 10.1 Å². The van der Waals surface area contributed by atoms with Crippen LogP contribution in [0.15, 0.2) is 4.52 Å². The molecule has 0 radical (unpaired) electrons. The van der Waals surface area contributed by atoms with Gasteiger partial charge < -0.3 is 10.3 Å². The summed E-state index contributed by atoms with van der Waals surface area (Å²) >= 11 is 0. The second kappa shape index (κ2) is 4.50. The van der Waals surface area contributed by atoms with E-state index in [1.165, 1.54) is 6.92 Å². The first-order valence-corrected chi connectivity index (χ1v) is 6.97. The predicted molar refractivity (Wildman–Crippen MR) is 59.3 cm³/mol. The van der Waals surface area contributed by atoms with Crippen LogP contribution in [0, 0.1) is 5.92 Å². The number of rotatable bonds is 4. The Bertz CT molecular complexity index is 452. The average Bonchev–Trinajstić information content (AvgIpc) is 2.62. The standard InChI is InChI=1S/C9H17N3O3S/c1-5(2)7(10)8-11-9(15-12-8)6(3)16(4,13)14/h5-7H,10H2,1-4H3. The van der Waals surface area contributed by atoms with Crippen LogP contribution in [0.25, 0.3) is 0 Å². The van der Waals surface area contributed by atoms with E-state index in [9.17, 15) is 8.42 Å². The summed E-state index contributed by atoms with van der Waals surface area (Å²) < 4.78 is 27.5. The second-order valence-corrected chi connectivity index (χ2v) is 6.60. The van der Waals surface area contributed by atoms with E-state index in [2.05, 4.69) is 10.1 Å². The van der Waals surface area contributed by atoms with Crippen molar-refractivity contribution in [1.29, 1.82) is 0 Å². The van der Waals surface area contributed by atoms with Crippen LogP contribution in [0.3, 0.4) is 0 Å². The third-order valence-corrected chi connectivity index (χ3v) is 3.95. The molecule has 2 unspecified atom stereocenters. The van der Waals surface area contributed by atoms with E-state index in [0.717, 1.165) is 6.26 Å². The van der Waals surface area contributed by atoms with E-state index < -0.39 is 15.1 Å². The van der Waals surface area contributed by atoms with Crippen molar-refractivity contribution in [2.45, 2.75) is 32.1 Å². The summed E-state index contributed by atoms with van der Waals surface area (Å²) in [7, 11) is -3.23. The van der Waals surface area contributed by atoms with Gasteiger partial charge in [0.2, 0.25) is 5.89 Å². The molecule has 1 heterocycles. The van der Waals surface area contributed by atoms with Crippen LogP contribution in [-0.2, 0) is 9.84 Å². The first-order chi connectivity index (χ1) is 7.23. The molecule has 0 saturated carbocycles. The molecular weight excluding hydrogens is 230 g/mol. The number of sulfone groups is 1. The molecular formula is C9H17N3O3S. The molecule has 0 bridgehead atoms. The summed E-state index contributed by atoms with van der Waals surface area (Å²) in [4.78, 5) is 4.02. The van der Waals surface area contributed by atoms with Gasteiger partial charge in [0.05, 0.1) is 6.04 Å². The highest BCUT2D eigenvalue weighted by atomic mass is 32.2. The SMILES string of the molecule is CC(C)C(N)c1noc(C(C)S(C)(=O)=O)n1. The van der Waals surface area contributed by atoms with E-state index in [1.54, 1.807) is 0 Å². The van der Waals surface area contributed by atoms with Crippen molar-refractivity contribution in [3.8, 4) is 0 Å². The summed E-state index contributed by atoms with van der Waals surface area (Å²) in [6.45, 7) is 5.37. The second-order valence-electron chi connectivity index (χ2n) is 4.23. The van der Waals surface area contributed by atoms with Gasteiger partial charge in [0.1, 0.15) is 5.25 Å². The maximum absolute atomic E-state index is 11.3. The van der Waals surface area contributed by atoms with E-state index in [4.69, 9.17) is 10.3 Å². The molecule has 1 aromatic heterocycles. The molecule has 0 amide bonds. The Balaban J connectivity index is 2.96. The van der Waals surface area contributed by atoms with Crippen LogP contribution in [0.2, 0.25) is 0 Å². The fraction of sp³-hybridized carbons (Fsp3) is 0.778. The van der Waals surface area contributed by atoms with Crippen molar-refractivity contribution in [3.63, 3.8) is 0 Å². The molecule has 0 aromatic carbocycles. The molecule has 7 heteroatoms. The fourth-order valence-corrected chi connectivity index (χ4v) is 1.49. The Kier molecular flexibility index (Phi) is 3.69. The van der Waals surface area contributed by atoms with E-state index >= 15 is 0 Å². The van der Waals surface area contributed by atoms with Crippen LogP contribution >= 0.6 is 0 Å². The van der Waals surface area contributed by atoms with Gasteiger partial charge in [-0.3, -0.25) is 0 Å². The molecule has 0 fully saturated rings. The zero-order valence-electron chi connectivity index (χ0n) is 9.84. The zero-order chi connectivity index (χ0) is 12.5. The van der Waals surface area contributed by atoms with Crippen LogP contribution in [0.5, 0.6) is 0 Å². The molecule has 0 saturated heterocycles. The van der Waals surface area contributed by atoms with Gasteiger partial charge in [0.25, 0.3) is 0 Å². The van der Waals surface area contributed by atoms with Gasteiger partial charge in [0, 0.05) is 6.26 Å².